The van der Waals surface area contributed by atoms with E-state index in [0.29, 0.717) is 5.25 Å². The van der Waals surface area contributed by atoms with E-state index in [9.17, 15) is 0 Å². The van der Waals surface area contributed by atoms with Crippen LogP contribution in [0.5, 0.6) is 0 Å². The molecule has 180 valence electrons. The van der Waals surface area contributed by atoms with Crippen LogP contribution in [0.1, 0.15) is 12.0 Å². The second kappa shape index (κ2) is 8.65. The summed E-state index contributed by atoms with van der Waals surface area (Å²) in [6.45, 7) is 0. The Morgan fingerprint density at radius 1 is 0.605 bits per heavy atom. The third kappa shape index (κ3) is 3.41. The lowest BCUT2D eigenvalue weighted by molar-refractivity contribution is 1.09. The molecule has 1 nitrogen and oxygen atoms in total. The molecule has 2 aliphatic rings. The molecule has 1 aliphatic heterocycles. The summed E-state index contributed by atoms with van der Waals surface area (Å²) in [4.78, 5) is 1.40. The minimum Gasteiger partial charge on any atom is -0.309 e. The third-order valence-corrected chi connectivity index (χ3v) is 9.21. The minimum absolute atomic E-state index is 0.570. The fourth-order valence-electron chi connectivity index (χ4n) is 6.08. The molecule has 2 heterocycles. The standard InChI is InChI=1S/C36H25NS/c1-4-16-33-29(13-1)30-14-2-5-17-34(30)37(33)28-12-8-11-26(22-28)24-9-7-10-25(21-24)27-19-20-32-31-15-3-6-18-35(31)38-36(32)23-27/h1-17,19-23,35H,18H2. The number of benzene rings is 5. The summed E-state index contributed by atoms with van der Waals surface area (Å²) in [5.41, 5.74) is 11.5. The van der Waals surface area contributed by atoms with Crippen molar-refractivity contribution in [2.75, 3.05) is 0 Å². The molecule has 1 aliphatic carbocycles. The zero-order chi connectivity index (χ0) is 25.1. The quantitative estimate of drug-likeness (QED) is 0.233. The Morgan fingerprint density at radius 2 is 1.26 bits per heavy atom. The van der Waals surface area contributed by atoms with Crippen LogP contribution in [0, 0.1) is 0 Å². The molecule has 1 atom stereocenters. The normalized spacial score (nSPS) is 16.0. The molecular weight excluding hydrogens is 478 g/mol. The average Bonchev–Trinajstić information content (AvgIpc) is 3.53. The number of hydrogen-bond acceptors (Lipinski definition) is 1. The van der Waals surface area contributed by atoms with Crippen LogP contribution in [0.3, 0.4) is 0 Å². The summed E-state index contributed by atoms with van der Waals surface area (Å²) in [6, 6.07) is 42.3. The largest absolute Gasteiger partial charge is 0.309 e. The van der Waals surface area contributed by atoms with Crippen molar-refractivity contribution >= 4 is 39.1 Å². The maximum atomic E-state index is 2.39. The van der Waals surface area contributed by atoms with Gasteiger partial charge in [-0.05, 0) is 76.2 Å². The maximum absolute atomic E-state index is 2.39. The molecule has 0 saturated carbocycles. The smallest absolute Gasteiger partial charge is 0.0541 e. The third-order valence-electron chi connectivity index (χ3n) is 7.88. The number of hydrogen-bond donors (Lipinski definition) is 0. The number of nitrogens with zero attached hydrogens (tertiary/aromatic N) is 1. The molecule has 0 bridgehead atoms. The number of para-hydroxylation sites is 2. The number of fused-ring (bicyclic) bond motifs is 6. The predicted octanol–water partition coefficient (Wildman–Crippen LogP) is 9.94. The lowest BCUT2D eigenvalue weighted by Crippen LogP contribution is -2.00. The Kier molecular flexibility index (Phi) is 4.96. The first-order valence-electron chi connectivity index (χ1n) is 13.2. The summed E-state index contributed by atoms with van der Waals surface area (Å²) >= 11 is 2.01. The van der Waals surface area contributed by atoms with Crippen molar-refractivity contribution < 1.29 is 0 Å². The van der Waals surface area contributed by atoms with Crippen molar-refractivity contribution in [3.05, 3.63) is 139 Å². The van der Waals surface area contributed by atoms with Gasteiger partial charge in [0, 0.05) is 26.6 Å². The van der Waals surface area contributed by atoms with Gasteiger partial charge in [-0.3, -0.25) is 0 Å². The van der Waals surface area contributed by atoms with Gasteiger partial charge in [-0.15, -0.1) is 11.8 Å². The van der Waals surface area contributed by atoms with Crippen LogP contribution in [0.25, 0.3) is 55.3 Å². The van der Waals surface area contributed by atoms with Gasteiger partial charge >= 0.3 is 0 Å². The number of thioether (sulfide) groups is 1. The Morgan fingerprint density at radius 3 is 2.03 bits per heavy atom. The summed E-state index contributed by atoms with van der Waals surface area (Å²) in [7, 11) is 0. The topological polar surface area (TPSA) is 4.93 Å². The van der Waals surface area contributed by atoms with Crippen molar-refractivity contribution in [1.82, 2.24) is 4.57 Å². The van der Waals surface area contributed by atoms with Gasteiger partial charge in [0.2, 0.25) is 0 Å². The van der Waals surface area contributed by atoms with E-state index in [1.165, 1.54) is 65.8 Å². The molecule has 0 fully saturated rings. The number of allylic oxidation sites excluding steroid dienone is 3. The zero-order valence-electron chi connectivity index (χ0n) is 20.8. The second-order valence-corrected chi connectivity index (χ2v) is 11.3. The van der Waals surface area contributed by atoms with Crippen LogP contribution in [0.15, 0.2) is 138 Å². The highest BCUT2D eigenvalue weighted by Crippen LogP contribution is 2.49. The van der Waals surface area contributed by atoms with Crippen molar-refractivity contribution in [3.8, 4) is 27.9 Å². The summed E-state index contributed by atoms with van der Waals surface area (Å²) in [6.07, 6.45) is 7.90. The Hall–Kier alpha value is -4.27. The van der Waals surface area contributed by atoms with E-state index in [1.54, 1.807) is 0 Å². The van der Waals surface area contributed by atoms with E-state index in [0.717, 1.165) is 6.42 Å². The van der Waals surface area contributed by atoms with Crippen molar-refractivity contribution in [3.63, 3.8) is 0 Å². The molecule has 0 spiro atoms. The van der Waals surface area contributed by atoms with Crippen LogP contribution in [-0.4, -0.2) is 9.82 Å². The molecule has 8 rings (SSSR count). The zero-order valence-corrected chi connectivity index (χ0v) is 21.7. The van der Waals surface area contributed by atoms with Crippen LogP contribution >= 0.6 is 11.8 Å². The van der Waals surface area contributed by atoms with Crippen LogP contribution in [0.4, 0.5) is 0 Å². The molecule has 5 aromatic carbocycles. The van der Waals surface area contributed by atoms with Crippen LogP contribution < -0.4 is 0 Å². The highest BCUT2D eigenvalue weighted by atomic mass is 32.2. The van der Waals surface area contributed by atoms with Gasteiger partial charge < -0.3 is 4.57 Å². The number of aromatic nitrogens is 1. The van der Waals surface area contributed by atoms with E-state index in [4.69, 9.17) is 0 Å². The highest BCUT2D eigenvalue weighted by molar-refractivity contribution is 8.00. The maximum Gasteiger partial charge on any atom is 0.0541 e. The SMILES string of the molecule is C1=CCC2Sc3cc(-c4cccc(-c5cccc(-n6c7ccccc7c7ccccc76)c5)c4)ccc3C2=C1. The van der Waals surface area contributed by atoms with Gasteiger partial charge in [0.05, 0.1) is 11.0 Å². The first kappa shape index (κ1) is 21.8. The summed E-state index contributed by atoms with van der Waals surface area (Å²) in [5, 5.41) is 3.15. The number of rotatable bonds is 3. The molecule has 6 aromatic rings. The van der Waals surface area contributed by atoms with E-state index >= 15 is 0 Å². The molecule has 0 radical (unpaired) electrons. The van der Waals surface area contributed by atoms with Gasteiger partial charge in [-0.25, -0.2) is 0 Å². The van der Waals surface area contributed by atoms with Crippen molar-refractivity contribution in [1.29, 1.82) is 0 Å². The molecular formula is C36H25NS. The van der Waals surface area contributed by atoms with Gasteiger partial charge in [0.1, 0.15) is 0 Å². The van der Waals surface area contributed by atoms with Crippen LogP contribution in [0.2, 0.25) is 0 Å². The molecule has 1 aromatic heterocycles. The van der Waals surface area contributed by atoms with Crippen molar-refractivity contribution in [2.45, 2.75) is 16.6 Å². The highest BCUT2D eigenvalue weighted by Gasteiger charge is 2.28. The molecule has 0 N–H and O–H groups in total. The minimum atomic E-state index is 0.570. The van der Waals surface area contributed by atoms with E-state index < -0.39 is 0 Å². The van der Waals surface area contributed by atoms with Gasteiger partial charge in [-0.2, -0.15) is 0 Å². The van der Waals surface area contributed by atoms with Gasteiger partial charge in [-0.1, -0.05) is 97.1 Å². The Labute approximate surface area is 226 Å². The lowest BCUT2D eigenvalue weighted by atomic mass is 9.94. The Bertz CT molecular complexity index is 1880. The molecule has 1 unspecified atom stereocenters. The van der Waals surface area contributed by atoms with Gasteiger partial charge in [0.25, 0.3) is 0 Å². The van der Waals surface area contributed by atoms with Crippen LogP contribution in [-0.2, 0) is 0 Å². The first-order chi connectivity index (χ1) is 18.8. The monoisotopic (exact) mass is 503 g/mol. The van der Waals surface area contributed by atoms with Gasteiger partial charge in [0.15, 0.2) is 0 Å². The molecule has 0 saturated heterocycles. The predicted molar refractivity (Wildman–Crippen MR) is 163 cm³/mol. The van der Waals surface area contributed by atoms with Crippen molar-refractivity contribution in [2.24, 2.45) is 0 Å². The lowest BCUT2D eigenvalue weighted by Gasteiger charge is -2.12. The van der Waals surface area contributed by atoms with E-state index in [2.05, 4.69) is 138 Å². The molecule has 0 amide bonds. The van der Waals surface area contributed by atoms with E-state index in [1.807, 2.05) is 11.8 Å². The van der Waals surface area contributed by atoms with E-state index in [-0.39, 0.29) is 0 Å². The fraction of sp³-hybridized carbons (Fsp3) is 0.0556. The second-order valence-electron chi connectivity index (χ2n) is 10.1. The average molecular weight is 504 g/mol. The first-order valence-corrected chi connectivity index (χ1v) is 14.1. The summed E-state index contributed by atoms with van der Waals surface area (Å²) in [5.74, 6) is 0. The fourth-order valence-corrected chi connectivity index (χ4v) is 7.43. The Balaban J connectivity index is 1.21. The molecule has 2 heteroatoms. The summed E-state index contributed by atoms with van der Waals surface area (Å²) < 4.78 is 2.39. The molecule has 38 heavy (non-hydrogen) atoms.